The molecule has 0 radical (unpaired) electrons. The lowest BCUT2D eigenvalue weighted by molar-refractivity contribution is -0.112. The van der Waals surface area contributed by atoms with Crippen molar-refractivity contribution in [1.82, 2.24) is 0 Å². The lowest BCUT2D eigenvalue weighted by Crippen LogP contribution is -2.06. The summed E-state index contributed by atoms with van der Waals surface area (Å²) in [6.07, 6.45) is 0. The fourth-order valence-corrected chi connectivity index (χ4v) is 0.985. The van der Waals surface area contributed by atoms with Crippen molar-refractivity contribution in [2.45, 2.75) is 6.61 Å². The standard InChI is InChI=1S/C11H11NO2/c1-14-8-10-4-2-9(3-5-10)6-7-11(12)13/h2-5H,8H2,1H3,(H2,12,13). The first kappa shape index (κ1) is 10.3. The Morgan fingerprint density at radius 1 is 1.43 bits per heavy atom. The van der Waals surface area contributed by atoms with Crippen LogP contribution in [0.4, 0.5) is 0 Å². The van der Waals surface area contributed by atoms with Crippen LogP contribution < -0.4 is 5.73 Å². The van der Waals surface area contributed by atoms with Gasteiger partial charge in [-0.25, -0.2) is 0 Å². The van der Waals surface area contributed by atoms with Gasteiger partial charge in [0.15, 0.2) is 0 Å². The number of benzene rings is 1. The predicted octanol–water partition coefficient (Wildman–Crippen LogP) is 0.670. The Balaban J connectivity index is 2.75. The van der Waals surface area contributed by atoms with Crippen molar-refractivity contribution in [3.8, 4) is 11.8 Å². The second-order valence-electron chi connectivity index (χ2n) is 2.74. The van der Waals surface area contributed by atoms with Crippen LogP contribution in [0.15, 0.2) is 24.3 Å². The highest BCUT2D eigenvalue weighted by Gasteiger charge is 1.91. The number of primary amides is 1. The third-order valence-electron chi connectivity index (χ3n) is 1.59. The van der Waals surface area contributed by atoms with E-state index in [9.17, 15) is 4.79 Å². The third-order valence-corrected chi connectivity index (χ3v) is 1.59. The van der Waals surface area contributed by atoms with E-state index in [1.54, 1.807) is 7.11 Å². The lowest BCUT2D eigenvalue weighted by atomic mass is 10.1. The van der Waals surface area contributed by atoms with Gasteiger partial charge in [-0.2, -0.15) is 0 Å². The molecule has 1 amide bonds. The lowest BCUT2D eigenvalue weighted by Gasteiger charge is -1.98. The van der Waals surface area contributed by atoms with Crippen LogP contribution >= 0.6 is 0 Å². The molecule has 0 saturated heterocycles. The third kappa shape index (κ3) is 3.30. The minimum absolute atomic E-state index is 0.573. The molecular formula is C11H11NO2. The summed E-state index contributed by atoms with van der Waals surface area (Å²) >= 11 is 0. The van der Waals surface area contributed by atoms with Gasteiger partial charge in [-0.05, 0) is 23.6 Å². The van der Waals surface area contributed by atoms with E-state index >= 15 is 0 Å². The van der Waals surface area contributed by atoms with Gasteiger partial charge in [-0.1, -0.05) is 18.1 Å². The van der Waals surface area contributed by atoms with Crippen molar-refractivity contribution in [3.63, 3.8) is 0 Å². The molecule has 0 aliphatic heterocycles. The number of hydrogen-bond donors (Lipinski definition) is 1. The van der Waals surface area contributed by atoms with Gasteiger partial charge in [0.2, 0.25) is 0 Å². The average Bonchev–Trinajstić information content (AvgIpc) is 2.17. The van der Waals surface area contributed by atoms with Gasteiger partial charge in [0.25, 0.3) is 5.91 Å². The SMILES string of the molecule is COCc1ccc(C#CC(N)=O)cc1. The van der Waals surface area contributed by atoms with Crippen molar-refractivity contribution in [3.05, 3.63) is 35.4 Å². The van der Waals surface area contributed by atoms with E-state index < -0.39 is 5.91 Å². The van der Waals surface area contributed by atoms with Gasteiger partial charge >= 0.3 is 0 Å². The Labute approximate surface area is 82.9 Å². The van der Waals surface area contributed by atoms with Crippen LogP contribution in [-0.4, -0.2) is 13.0 Å². The summed E-state index contributed by atoms with van der Waals surface area (Å²) in [4.78, 5) is 10.4. The smallest absolute Gasteiger partial charge is 0.293 e. The van der Waals surface area contributed by atoms with Crippen molar-refractivity contribution in [1.29, 1.82) is 0 Å². The highest BCUT2D eigenvalue weighted by molar-refractivity contribution is 5.92. The minimum Gasteiger partial charge on any atom is -0.380 e. The number of methoxy groups -OCH3 is 1. The van der Waals surface area contributed by atoms with E-state index in [2.05, 4.69) is 11.8 Å². The van der Waals surface area contributed by atoms with E-state index in [0.29, 0.717) is 6.61 Å². The summed E-state index contributed by atoms with van der Waals surface area (Å²) in [6.45, 7) is 0.573. The summed E-state index contributed by atoms with van der Waals surface area (Å²) in [5.41, 5.74) is 6.72. The molecule has 0 atom stereocenters. The van der Waals surface area contributed by atoms with Crippen molar-refractivity contribution in [2.75, 3.05) is 7.11 Å². The van der Waals surface area contributed by atoms with Crippen LogP contribution in [0.25, 0.3) is 0 Å². The van der Waals surface area contributed by atoms with Crippen LogP contribution in [0, 0.1) is 11.8 Å². The zero-order valence-corrected chi connectivity index (χ0v) is 7.91. The fraction of sp³-hybridized carbons (Fsp3) is 0.182. The van der Waals surface area contributed by atoms with Gasteiger partial charge in [-0.3, -0.25) is 4.79 Å². The topological polar surface area (TPSA) is 52.3 Å². The molecule has 2 N–H and O–H groups in total. The summed E-state index contributed by atoms with van der Waals surface area (Å²) in [7, 11) is 1.64. The minimum atomic E-state index is -0.619. The molecule has 0 heterocycles. The molecule has 0 unspecified atom stereocenters. The van der Waals surface area contributed by atoms with Gasteiger partial charge < -0.3 is 10.5 Å². The molecule has 1 rings (SSSR count). The Morgan fingerprint density at radius 2 is 2.07 bits per heavy atom. The number of carbonyl (C=O) groups excluding carboxylic acids is 1. The van der Waals surface area contributed by atoms with Gasteiger partial charge in [0, 0.05) is 12.7 Å². The van der Waals surface area contributed by atoms with E-state index in [1.165, 1.54) is 0 Å². The summed E-state index contributed by atoms with van der Waals surface area (Å²) in [6, 6.07) is 7.44. The molecule has 0 aliphatic carbocycles. The number of ether oxygens (including phenoxy) is 1. The molecule has 3 nitrogen and oxygen atoms in total. The zero-order chi connectivity index (χ0) is 10.4. The van der Waals surface area contributed by atoms with E-state index in [1.807, 2.05) is 24.3 Å². The molecule has 14 heavy (non-hydrogen) atoms. The Bertz CT molecular complexity index is 371. The molecular weight excluding hydrogens is 178 g/mol. The van der Waals surface area contributed by atoms with Crippen molar-refractivity contribution >= 4 is 5.91 Å². The normalized spacial score (nSPS) is 8.93. The number of hydrogen-bond acceptors (Lipinski definition) is 2. The summed E-state index contributed by atoms with van der Waals surface area (Å²) < 4.78 is 4.96. The molecule has 3 heteroatoms. The molecule has 0 fully saturated rings. The van der Waals surface area contributed by atoms with Crippen molar-refractivity contribution in [2.24, 2.45) is 5.73 Å². The van der Waals surface area contributed by atoms with E-state index in [0.717, 1.165) is 11.1 Å². The molecule has 72 valence electrons. The Morgan fingerprint density at radius 3 is 2.57 bits per heavy atom. The predicted molar refractivity (Wildman–Crippen MR) is 53.2 cm³/mol. The first-order valence-corrected chi connectivity index (χ1v) is 4.11. The molecule has 0 spiro atoms. The van der Waals surface area contributed by atoms with Crippen LogP contribution in [0.3, 0.4) is 0 Å². The number of rotatable bonds is 2. The maximum absolute atomic E-state index is 10.4. The molecule has 0 aliphatic rings. The Hall–Kier alpha value is -1.79. The zero-order valence-electron chi connectivity index (χ0n) is 7.91. The monoisotopic (exact) mass is 189 g/mol. The fourth-order valence-electron chi connectivity index (χ4n) is 0.985. The molecule has 0 saturated carbocycles. The first-order chi connectivity index (χ1) is 6.72. The van der Waals surface area contributed by atoms with Crippen molar-refractivity contribution < 1.29 is 9.53 Å². The molecule has 0 aromatic heterocycles. The van der Waals surface area contributed by atoms with E-state index in [-0.39, 0.29) is 0 Å². The van der Waals surface area contributed by atoms with Crippen LogP contribution in [-0.2, 0) is 16.1 Å². The average molecular weight is 189 g/mol. The van der Waals surface area contributed by atoms with Gasteiger partial charge in [-0.15, -0.1) is 0 Å². The van der Waals surface area contributed by atoms with Crippen LogP contribution in [0.5, 0.6) is 0 Å². The van der Waals surface area contributed by atoms with Crippen LogP contribution in [0.1, 0.15) is 11.1 Å². The maximum atomic E-state index is 10.4. The van der Waals surface area contributed by atoms with Gasteiger partial charge in [0.05, 0.1) is 6.61 Å². The largest absolute Gasteiger partial charge is 0.380 e. The Kier molecular flexibility index (Phi) is 3.71. The maximum Gasteiger partial charge on any atom is 0.293 e. The van der Waals surface area contributed by atoms with Gasteiger partial charge in [0.1, 0.15) is 0 Å². The number of nitrogens with two attached hydrogens (primary N) is 1. The molecule has 1 aromatic rings. The second-order valence-corrected chi connectivity index (χ2v) is 2.74. The number of amides is 1. The highest BCUT2D eigenvalue weighted by Crippen LogP contribution is 2.03. The second kappa shape index (κ2) is 5.05. The number of carbonyl (C=O) groups is 1. The van der Waals surface area contributed by atoms with E-state index in [4.69, 9.17) is 10.5 Å². The molecule has 0 bridgehead atoms. The quantitative estimate of drug-likeness (QED) is 0.695. The molecule has 1 aromatic carbocycles. The summed E-state index contributed by atoms with van der Waals surface area (Å²) in [5, 5.41) is 0. The van der Waals surface area contributed by atoms with Crippen LogP contribution in [0.2, 0.25) is 0 Å². The summed E-state index contributed by atoms with van der Waals surface area (Å²) in [5.74, 6) is 4.30. The first-order valence-electron chi connectivity index (χ1n) is 4.11. The highest BCUT2D eigenvalue weighted by atomic mass is 16.5.